The van der Waals surface area contributed by atoms with Gasteiger partial charge in [0.25, 0.3) is 5.91 Å². The van der Waals surface area contributed by atoms with E-state index in [0.717, 1.165) is 5.56 Å². The molecule has 8 heteroatoms. The summed E-state index contributed by atoms with van der Waals surface area (Å²) in [7, 11) is -3.98. The van der Waals surface area contributed by atoms with Gasteiger partial charge in [-0.05, 0) is 66.4 Å². The number of hydrogen-bond acceptors (Lipinski definition) is 4. The number of aryl methyl sites for hydroxylation is 1. The molecule has 0 saturated carbocycles. The molecule has 0 saturated heterocycles. The second-order valence-electron chi connectivity index (χ2n) is 7.52. The molecule has 0 fully saturated rings. The lowest BCUT2D eigenvalue weighted by Crippen LogP contribution is -2.37. The van der Waals surface area contributed by atoms with E-state index in [0.29, 0.717) is 23.2 Å². The molecule has 4 rings (SSSR count). The number of aliphatic hydroxyl groups excluding tert-OH is 1. The zero-order chi connectivity index (χ0) is 22.2. The van der Waals surface area contributed by atoms with Gasteiger partial charge >= 0.3 is 0 Å². The van der Waals surface area contributed by atoms with Crippen molar-refractivity contribution in [3.8, 4) is 0 Å². The maximum Gasteiger partial charge on any atom is 0.255 e. The Labute approximate surface area is 179 Å². The summed E-state index contributed by atoms with van der Waals surface area (Å²) in [5, 5.41) is 13.1. The molecule has 3 aromatic rings. The first-order chi connectivity index (χ1) is 14.7. The van der Waals surface area contributed by atoms with E-state index in [2.05, 4.69) is 10.0 Å². The zero-order valence-electron chi connectivity index (χ0n) is 16.7. The second-order valence-corrected chi connectivity index (χ2v) is 9.24. The SMILES string of the molecule is Cc1cc(NC(=O)c2cccc(S(=O)(=O)N[C@@H]3Cc4ccccc4[C@H]3O)c2)ccc1F. The predicted molar refractivity (Wildman–Crippen MR) is 115 cm³/mol. The van der Waals surface area contributed by atoms with Crippen molar-refractivity contribution in [2.24, 2.45) is 0 Å². The largest absolute Gasteiger partial charge is 0.387 e. The Kier molecular flexibility index (Phi) is 5.62. The summed E-state index contributed by atoms with van der Waals surface area (Å²) in [6.07, 6.45) is -0.570. The van der Waals surface area contributed by atoms with E-state index in [9.17, 15) is 22.7 Å². The minimum atomic E-state index is -3.98. The van der Waals surface area contributed by atoms with Crippen LogP contribution in [0, 0.1) is 12.7 Å². The van der Waals surface area contributed by atoms with Crippen LogP contribution in [0.4, 0.5) is 10.1 Å². The fourth-order valence-corrected chi connectivity index (χ4v) is 4.96. The van der Waals surface area contributed by atoms with Gasteiger partial charge < -0.3 is 10.4 Å². The van der Waals surface area contributed by atoms with Crippen LogP contribution in [-0.2, 0) is 16.4 Å². The van der Waals surface area contributed by atoms with Crippen molar-refractivity contribution in [2.75, 3.05) is 5.32 Å². The van der Waals surface area contributed by atoms with Gasteiger partial charge in [-0.25, -0.2) is 17.5 Å². The van der Waals surface area contributed by atoms with E-state index in [1.807, 2.05) is 12.1 Å². The number of carbonyl (C=O) groups excluding carboxylic acids is 1. The number of nitrogens with one attached hydrogen (secondary N) is 2. The minimum Gasteiger partial charge on any atom is -0.387 e. The molecule has 0 heterocycles. The molecule has 0 radical (unpaired) electrons. The summed E-state index contributed by atoms with van der Waals surface area (Å²) in [4.78, 5) is 12.5. The molecule has 0 aliphatic heterocycles. The number of amides is 1. The average molecular weight is 440 g/mol. The van der Waals surface area contributed by atoms with Crippen LogP contribution in [-0.4, -0.2) is 25.5 Å². The fraction of sp³-hybridized carbons (Fsp3) is 0.174. The number of carbonyl (C=O) groups is 1. The van der Waals surface area contributed by atoms with Crippen LogP contribution < -0.4 is 10.0 Å². The topological polar surface area (TPSA) is 95.5 Å². The van der Waals surface area contributed by atoms with Crippen molar-refractivity contribution in [1.82, 2.24) is 4.72 Å². The number of sulfonamides is 1. The van der Waals surface area contributed by atoms with Crippen LogP contribution in [0.3, 0.4) is 0 Å². The molecular formula is C23H21FN2O4S. The van der Waals surface area contributed by atoms with E-state index in [4.69, 9.17) is 0 Å². The van der Waals surface area contributed by atoms with Gasteiger partial charge in [-0.3, -0.25) is 4.79 Å². The number of benzene rings is 3. The van der Waals surface area contributed by atoms with E-state index in [-0.39, 0.29) is 16.3 Å². The molecule has 3 N–H and O–H groups in total. The molecule has 1 aliphatic carbocycles. The van der Waals surface area contributed by atoms with Crippen LogP contribution in [0.1, 0.15) is 33.2 Å². The van der Waals surface area contributed by atoms with Gasteiger partial charge in [0, 0.05) is 11.3 Å². The molecule has 0 bridgehead atoms. The Balaban J connectivity index is 1.52. The summed E-state index contributed by atoms with van der Waals surface area (Å²) in [6, 6.07) is 16.4. The molecule has 2 atom stereocenters. The number of anilines is 1. The lowest BCUT2D eigenvalue weighted by molar-refractivity contribution is 0.102. The van der Waals surface area contributed by atoms with Gasteiger partial charge in [0.05, 0.1) is 17.0 Å². The van der Waals surface area contributed by atoms with Gasteiger partial charge in [0.2, 0.25) is 10.0 Å². The van der Waals surface area contributed by atoms with Crippen LogP contribution >= 0.6 is 0 Å². The molecule has 0 aromatic heterocycles. The molecule has 1 amide bonds. The quantitative estimate of drug-likeness (QED) is 0.567. The first-order valence-electron chi connectivity index (χ1n) is 9.70. The highest BCUT2D eigenvalue weighted by Crippen LogP contribution is 2.32. The van der Waals surface area contributed by atoms with E-state index < -0.39 is 28.1 Å². The summed E-state index contributed by atoms with van der Waals surface area (Å²) in [5.41, 5.74) is 2.53. The minimum absolute atomic E-state index is 0.0846. The standard InChI is InChI=1S/C23H21FN2O4S/c1-14-11-17(9-10-20(14)24)25-23(28)16-6-4-7-18(12-16)31(29,30)26-21-13-15-5-2-3-8-19(15)22(21)27/h2-12,21-22,26-27H,13H2,1H3,(H,25,28)/t21-,22-/m1/s1. The molecule has 0 spiro atoms. The van der Waals surface area contributed by atoms with Crippen LogP contribution in [0.2, 0.25) is 0 Å². The van der Waals surface area contributed by atoms with Gasteiger partial charge in [-0.1, -0.05) is 30.3 Å². The van der Waals surface area contributed by atoms with E-state index in [1.165, 1.54) is 42.5 Å². The van der Waals surface area contributed by atoms with Gasteiger partial charge in [0.1, 0.15) is 5.82 Å². The maximum absolute atomic E-state index is 13.4. The van der Waals surface area contributed by atoms with Crippen LogP contribution in [0.5, 0.6) is 0 Å². The van der Waals surface area contributed by atoms with E-state index in [1.54, 1.807) is 19.1 Å². The predicted octanol–water partition coefficient (Wildman–Crippen LogP) is 3.32. The van der Waals surface area contributed by atoms with Crippen LogP contribution in [0.15, 0.2) is 71.6 Å². The number of hydrogen-bond donors (Lipinski definition) is 3. The highest BCUT2D eigenvalue weighted by atomic mass is 32.2. The average Bonchev–Trinajstić information content (AvgIpc) is 3.06. The summed E-state index contributed by atoms with van der Waals surface area (Å²) in [5.74, 6) is -0.898. The van der Waals surface area contributed by atoms with Crippen molar-refractivity contribution < 1.29 is 22.7 Å². The number of halogens is 1. The Hall–Kier alpha value is -3.07. The van der Waals surface area contributed by atoms with Crippen molar-refractivity contribution in [2.45, 2.75) is 30.4 Å². The van der Waals surface area contributed by atoms with Gasteiger partial charge in [-0.2, -0.15) is 0 Å². The van der Waals surface area contributed by atoms with Crippen molar-refractivity contribution in [3.63, 3.8) is 0 Å². The molecule has 31 heavy (non-hydrogen) atoms. The summed E-state index contributed by atoms with van der Waals surface area (Å²) >= 11 is 0. The number of rotatable bonds is 5. The fourth-order valence-electron chi connectivity index (χ4n) is 3.68. The number of fused-ring (bicyclic) bond motifs is 1. The third kappa shape index (κ3) is 4.36. The monoisotopic (exact) mass is 440 g/mol. The van der Waals surface area contributed by atoms with Crippen molar-refractivity contribution >= 4 is 21.6 Å². The first kappa shape index (κ1) is 21.2. The van der Waals surface area contributed by atoms with Crippen molar-refractivity contribution in [1.29, 1.82) is 0 Å². The molecule has 6 nitrogen and oxygen atoms in total. The van der Waals surface area contributed by atoms with E-state index >= 15 is 0 Å². The van der Waals surface area contributed by atoms with Crippen molar-refractivity contribution in [3.05, 3.63) is 94.8 Å². The van der Waals surface area contributed by atoms with Gasteiger partial charge in [0.15, 0.2) is 0 Å². The Morgan fingerprint density at radius 3 is 2.58 bits per heavy atom. The first-order valence-corrected chi connectivity index (χ1v) is 11.2. The Morgan fingerprint density at radius 1 is 1.06 bits per heavy atom. The smallest absolute Gasteiger partial charge is 0.255 e. The lowest BCUT2D eigenvalue weighted by atomic mass is 10.1. The highest BCUT2D eigenvalue weighted by Gasteiger charge is 2.34. The number of aliphatic hydroxyl groups is 1. The molecular weight excluding hydrogens is 419 g/mol. The molecule has 0 unspecified atom stereocenters. The van der Waals surface area contributed by atoms with Crippen LogP contribution in [0.25, 0.3) is 0 Å². The maximum atomic E-state index is 13.4. The lowest BCUT2D eigenvalue weighted by Gasteiger charge is -2.17. The third-order valence-corrected chi connectivity index (χ3v) is 6.81. The molecule has 160 valence electrons. The summed E-state index contributed by atoms with van der Waals surface area (Å²) < 4.78 is 41.8. The normalized spacial score (nSPS) is 17.9. The zero-order valence-corrected chi connectivity index (χ0v) is 17.5. The highest BCUT2D eigenvalue weighted by molar-refractivity contribution is 7.89. The Morgan fingerprint density at radius 2 is 1.84 bits per heavy atom. The third-order valence-electron chi connectivity index (χ3n) is 5.32. The molecule has 3 aromatic carbocycles. The second kappa shape index (κ2) is 8.22. The summed E-state index contributed by atoms with van der Waals surface area (Å²) in [6.45, 7) is 1.58. The molecule has 1 aliphatic rings. The van der Waals surface area contributed by atoms with Gasteiger partial charge in [-0.15, -0.1) is 0 Å². The Bertz CT molecular complexity index is 1260.